The minimum absolute atomic E-state index is 0.410. The largest absolute Gasteiger partial charge is 0.366 e. The van der Waals surface area contributed by atoms with E-state index >= 15 is 0 Å². The molecular formula is C12H18N6. The Morgan fingerprint density at radius 3 is 2.94 bits per heavy atom. The Kier molecular flexibility index (Phi) is 3.95. The molecule has 0 bridgehead atoms. The second-order valence-electron chi connectivity index (χ2n) is 4.67. The number of hydrogen-bond acceptors (Lipinski definition) is 6. The highest BCUT2D eigenvalue weighted by molar-refractivity contribution is 5.49. The number of nitrogens with zero attached hydrogens (tertiary/aromatic N) is 4. The smallest absolute Gasteiger partial charge is 0.182 e. The van der Waals surface area contributed by atoms with Gasteiger partial charge in [-0.15, -0.1) is 0 Å². The van der Waals surface area contributed by atoms with Crippen LogP contribution in [0.15, 0.2) is 6.07 Å². The number of anilines is 2. The van der Waals surface area contributed by atoms with Gasteiger partial charge in [0.15, 0.2) is 6.19 Å². The molecule has 0 aliphatic carbocycles. The van der Waals surface area contributed by atoms with E-state index in [1.54, 1.807) is 6.07 Å². The predicted octanol–water partition coefficient (Wildman–Crippen LogP) is 1.18. The normalized spacial score (nSPS) is 20.2. The maximum Gasteiger partial charge on any atom is 0.182 e. The molecule has 2 rings (SSSR count). The van der Waals surface area contributed by atoms with Crippen molar-refractivity contribution in [2.45, 2.75) is 25.8 Å². The van der Waals surface area contributed by atoms with E-state index in [9.17, 15) is 0 Å². The van der Waals surface area contributed by atoms with Crippen LogP contribution in [0.5, 0.6) is 0 Å². The Bertz CT molecular complexity index is 452. The Labute approximate surface area is 107 Å². The van der Waals surface area contributed by atoms with Crippen molar-refractivity contribution in [1.82, 2.24) is 14.9 Å². The molecule has 0 aromatic carbocycles. The summed E-state index contributed by atoms with van der Waals surface area (Å²) in [4.78, 5) is 10.8. The van der Waals surface area contributed by atoms with Crippen LogP contribution in [0.4, 0.5) is 11.6 Å². The second-order valence-corrected chi connectivity index (χ2v) is 4.67. The predicted molar refractivity (Wildman–Crippen MR) is 70.1 cm³/mol. The second kappa shape index (κ2) is 5.65. The van der Waals surface area contributed by atoms with Crippen LogP contribution in [0.1, 0.15) is 18.7 Å². The zero-order chi connectivity index (χ0) is 13.0. The number of nitriles is 1. The van der Waals surface area contributed by atoms with E-state index in [2.05, 4.69) is 32.5 Å². The van der Waals surface area contributed by atoms with Crippen molar-refractivity contribution in [2.75, 3.05) is 30.8 Å². The average molecular weight is 246 g/mol. The first-order valence-corrected chi connectivity index (χ1v) is 6.13. The van der Waals surface area contributed by atoms with Gasteiger partial charge in [-0.3, -0.25) is 5.32 Å². The standard InChI is InChI=1S/C12H18N6/c1-9-15-11(14-8-13)6-12(16-9)17-10-4-3-5-18(2)7-10/h6,10H,3-5,7H2,1-2H3,(H2,14,15,16,17). The van der Waals surface area contributed by atoms with E-state index in [0.717, 1.165) is 25.3 Å². The Morgan fingerprint density at radius 2 is 2.22 bits per heavy atom. The minimum atomic E-state index is 0.410. The summed E-state index contributed by atoms with van der Waals surface area (Å²) in [6.07, 6.45) is 4.22. The molecule has 6 heteroatoms. The lowest BCUT2D eigenvalue weighted by atomic mass is 10.1. The van der Waals surface area contributed by atoms with E-state index in [1.165, 1.54) is 6.42 Å². The van der Waals surface area contributed by atoms with Crippen molar-refractivity contribution in [3.63, 3.8) is 0 Å². The highest BCUT2D eigenvalue weighted by Gasteiger charge is 2.17. The number of nitrogens with one attached hydrogen (secondary N) is 2. The maximum atomic E-state index is 8.61. The highest BCUT2D eigenvalue weighted by Crippen LogP contribution is 2.16. The molecule has 18 heavy (non-hydrogen) atoms. The quantitative estimate of drug-likeness (QED) is 0.616. The van der Waals surface area contributed by atoms with Gasteiger partial charge in [0.1, 0.15) is 17.5 Å². The van der Waals surface area contributed by atoms with Crippen molar-refractivity contribution in [1.29, 1.82) is 5.26 Å². The van der Waals surface area contributed by atoms with Gasteiger partial charge in [0, 0.05) is 18.7 Å². The molecule has 1 unspecified atom stereocenters. The lowest BCUT2D eigenvalue weighted by molar-refractivity contribution is 0.260. The SMILES string of the molecule is Cc1nc(NC#N)cc(NC2CCCN(C)C2)n1. The van der Waals surface area contributed by atoms with Gasteiger partial charge < -0.3 is 10.2 Å². The zero-order valence-corrected chi connectivity index (χ0v) is 10.8. The summed E-state index contributed by atoms with van der Waals surface area (Å²) in [5, 5.41) is 14.6. The topological polar surface area (TPSA) is 76.9 Å². The van der Waals surface area contributed by atoms with Gasteiger partial charge in [0.2, 0.25) is 0 Å². The fourth-order valence-electron chi connectivity index (χ4n) is 2.26. The number of piperidine rings is 1. The van der Waals surface area contributed by atoms with Crippen LogP contribution in [0.25, 0.3) is 0 Å². The molecule has 2 heterocycles. The molecule has 6 nitrogen and oxygen atoms in total. The summed E-state index contributed by atoms with van der Waals surface area (Å²) < 4.78 is 0. The maximum absolute atomic E-state index is 8.61. The highest BCUT2D eigenvalue weighted by atomic mass is 15.2. The van der Waals surface area contributed by atoms with Crippen LogP contribution in [-0.4, -0.2) is 41.0 Å². The number of likely N-dealkylation sites (tertiary alicyclic amines) is 1. The molecule has 1 aromatic rings. The Morgan fingerprint density at radius 1 is 1.44 bits per heavy atom. The van der Waals surface area contributed by atoms with Crippen LogP contribution >= 0.6 is 0 Å². The summed E-state index contributed by atoms with van der Waals surface area (Å²) in [6.45, 7) is 3.99. The molecule has 96 valence electrons. The van der Waals surface area contributed by atoms with Crippen LogP contribution in [-0.2, 0) is 0 Å². The van der Waals surface area contributed by atoms with Crippen molar-refractivity contribution < 1.29 is 0 Å². The lowest BCUT2D eigenvalue weighted by Gasteiger charge is -2.30. The fourth-order valence-corrected chi connectivity index (χ4v) is 2.26. The monoisotopic (exact) mass is 246 g/mol. The van der Waals surface area contributed by atoms with Gasteiger partial charge in [-0.25, -0.2) is 9.97 Å². The number of aryl methyl sites for hydroxylation is 1. The molecule has 1 aliphatic rings. The number of likely N-dealkylation sites (N-methyl/N-ethyl adjacent to an activating group) is 1. The summed E-state index contributed by atoms with van der Waals surface area (Å²) in [5.74, 6) is 1.97. The van der Waals surface area contributed by atoms with Crippen LogP contribution in [0, 0.1) is 18.4 Å². The zero-order valence-electron chi connectivity index (χ0n) is 10.8. The molecule has 1 saturated heterocycles. The Balaban J connectivity index is 2.06. The third kappa shape index (κ3) is 3.31. The minimum Gasteiger partial charge on any atom is -0.366 e. The fraction of sp³-hybridized carbons (Fsp3) is 0.583. The molecule has 1 fully saturated rings. The summed E-state index contributed by atoms with van der Waals surface area (Å²) in [5.41, 5.74) is 0. The molecule has 0 saturated carbocycles. The summed E-state index contributed by atoms with van der Waals surface area (Å²) >= 11 is 0. The van der Waals surface area contributed by atoms with Crippen molar-refractivity contribution >= 4 is 11.6 Å². The molecule has 1 aromatic heterocycles. The summed E-state index contributed by atoms with van der Waals surface area (Å²) in [6, 6.07) is 2.18. The van der Waals surface area contributed by atoms with E-state index in [0.29, 0.717) is 17.7 Å². The van der Waals surface area contributed by atoms with Gasteiger partial charge in [0.05, 0.1) is 0 Å². The number of rotatable bonds is 3. The van der Waals surface area contributed by atoms with Crippen LogP contribution in [0.2, 0.25) is 0 Å². The molecule has 1 aliphatic heterocycles. The molecule has 0 spiro atoms. The molecule has 1 atom stereocenters. The van der Waals surface area contributed by atoms with E-state index in [-0.39, 0.29) is 0 Å². The van der Waals surface area contributed by atoms with E-state index < -0.39 is 0 Å². The first kappa shape index (κ1) is 12.6. The lowest BCUT2D eigenvalue weighted by Crippen LogP contribution is -2.39. The molecular weight excluding hydrogens is 228 g/mol. The molecule has 0 radical (unpaired) electrons. The van der Waals surface area contributed by atoms with Crippen molar-refractivity contribution in [2.24, 2.45) is 0 Å². The van der Waals surface area contributed by atoms with Crippen LogP contribution in [0.3, 0.4) is 0 Å². The summed E-state index contributed by atoms with van der Waals surface area (Å²) in [7, 11) is 2.13. The van der Waals surface area contributed by atoms with Gasteiger partial charge in [0.25, 0.3) is 0 Å². The first-order valence-electron chi connectivity index (χ1n) is 6.13. The molecule has 0 amide bonds. The Hall–Kier alpha value is -1.87. The number of hydrogen-bond donors (Lipinski definition) is 2. The van der Waals surface area contributed by atoms with Gasteiger partial charge >= 0.3 is 0 Å². The van der Waals surface area contributed by atoms with Gasteiger partial charge in [-0.05, 0) is 33.4 Å². The number of aromatic nitrogens is 2. The first-order chi connectivity index (χ1) is 8.67. The van der Waals surface area contributed by atoms with Gasteiger partial charge in [-0.1, -0.05) is 0 Å². The van der Waals surface area contributed by atoms with Crippen molar-refractivity contribution in [3.8, 4) is 6.19 Å². The van der Waals surface area contributed by atoms with E-state index in [1.807, 2.05) is 13.1 Å². The third-order valence-electron chi connectivity index (χ3n) is 3.00. The average Bonchev–Trinajstić information content (AvgIpc) is 2.28. The molecule has 2 N–H and O–H groups in total. The third-order valence-corrected chi connectivity index (χ3v) is 3.00. The van der Waals surface area contributed by atoms with E-state index in [4.69, 9.17) is 5.26 Å². The van der Waals surface area contributed by atoms with Crippen molar-refractivity contribution in [3.05, 3.63) is 11.9 Å². The van der Waals surface area contributed by atoms with Gasteiger partial charge in [-0.2, -0.15) is 5.26 Å². The van der Waals surface area contributed by atoms with Crippen LogP contribution < -0.4 is 10.6 Å².